The van der Waals surface area contributed by atoms with Gasteiger partial charge in [-0.05, 0) is 57.5 Å². The number of ether oxygens (including phenoxy) is 1. The Hall–Kier alpha value is -1.10. The maximum absolute atomic E-state index is 5.90. The number of hydrogen-bond acceptors (Lipinski definition) is 4. The van der Waals surface area contributed by atoms with Crippen molar-refractivity contribution in [2.45, 2.75) is 58.2 Å². The molecule has 1 unspecified atom stereocenters. The third kappa shape index (κ3) is 3.76. The topological polar surface area (TPSA) is 50.5 Å². The largest absolute Gasteiger partial charge is 0.490 e. The monoisotopic (exact) mass is 291 g/mol. The van der Waals surface area contributed by atoms with Crippen LogP contribution in [0.3, 0.4) is 0 Å². The van der Waals surface area contributed by atoms with Gasteiger partial charge in [0.25, 0.3) is 0 Å². The maximum atomic E-state index is 5.90. The summed E-state index contributed by atoms with van der Waals surface area (Å²) < 4.78 is 5.90. The maximum Gasteiger partial charge on any atom is 0.120 e. The van der Waals surface area contributed by atoms with Crippen molar-refractivity contribution >= 4 is 0 Å². The highest BCUT2D eigenvalue weighted by atomic mass is 16.5. The van der Waals surface area contributed by atoms with Gasteiger partial charge in [-0.1, -0.05) is 26.0 Å². The number of benzene rings is 1. The number of nitrogens with two attached hydrogens (primary N) is 1. The highest BCUT2D eigenvalue weighted by Crippen LogP contribution is 2.33. The highest BCUT2D eigenvalue weighted by Gasteiger charge is 2.34. The van der Waals surface area contributed by atoms with Crippen LogP contribution < -0.4 is 16.0 Å². The van der Waals surface area contributed by atoms with Gasteiger partial charge in [0.15, 0.2) is 0 Å². The van der Waals surface area contributed by atoms with Gasteiger partial charge >= 0.3 is 0 Å². The molecular weight excluding hydrogens is 262 g/mol. The molecule has 1 aromatic carbocycles. The lowest BCUT2D eigenvalue weighted by Crippen LogP contribution is -2.54. The summed E-state index contributed by atoms with van der Waals surface area (Å²) in [6.45, 7) is 10.8. The zero-order chi connectivity index (χ0) is 15.5. The van der Waals surface area contributed by atoms with Crippen LogP contribution in [-0.2, 0) is 0 Å². The molecule has 118 valence electrons. The zero-order valence-corrected chi connectivity index (χ0v) is 13.7. The van der Waals surface area contributed by atoms with E-state index >= 15 is 0 Å². The van der Waals surface area contributed by atoms with E-state index < -0.39 is 0 Å². The van der Waals surface area contributed by atoms with Gasteiger partial charge in [-0.25, -0.2) is 0 Å². The molecule has 21 heavy (non-hydrogen) atoms. The van der Waals surface area contributed by atoms with Crippen LogP contribution in [0.5, 0.6) is 5.75 Å². The van der Waals surface area contributed by atoms with E-state index in [9.17, 15) is 0 Å². The fourth-order valence-electron chi connectivity index (χ4n) is 3.07. The molecule has 4 nitrogen and oxygen atoms in total. The molecule has 0 amide bonds. The van der Waals surface area contributed by atoms with Gasteiger partial charge in [0.05, 0.1) is 12.1 Å². The van der Waals surface area contributed by atoms with Gasteiger partial charge in [0.1, 0.15) is 5.75 Å². The van der Waals surface area contributed by atoms with Crippen LogP contribution in [0.25, 0.3) is 0 Å². The van der Waals surface area contributed by atoms with E-state index in [0.717, 1.165) is 18.8 Å². The Morgan fingerprint density at radius 3 is 2.52 bits per heavy atom. The number of nitrogens with zero attached hydrogens (tertiary/aromatic N) is 1. The second kappa shape index (κ2) is 6.77. The van der Waals surface area contributed by atoms with E-state index in [2.05, 4.69) is 56.2 Å². The quantitative estimate of drug-likeness (QED) is 0.571. The minimum Gasteiger partial charge on any atom is -0.490 e. The van der Waals surface area contributed by atoms with Crippen LogP contribution in [0.2, 0.25) is 0 Å². The molecule has 0 aliphatic heterocycles. The third-order valence-electron chi connectivity index (χ3n) is 4.47. The molecule has 1 aliphatic carbocycles. The summed E-state index contributed by atoms with van der Waals surface area (Å²) in [6, 6.07) is 8.37. The van der Waals surface area contributed by atoms with Crippen molar-refractivity contribution in [2.75, 3.05) is 13.1 Å². The summed E-state index contributed by atoms with van der Waals surface area (Å²) >= 11 is 0. The molecule has 1 aromatic rings. The summed E-state index contributed by atoms with van der Waals surface area (Å²) in [4.78, 5) is 2.42. The van der Waals surface area contributed by atoms with E-state index in [4.69, 9.17) is 10.6 Å². The van der Waals surface area contributed by atoms with E-state index in [1.165, 1.54) is 18.4 Å². The van der Waals surface area contributed by atoms with Crippen molar-refractivity contribution in [3.8, 4) is 5.75 Å². The van der Waals surface area contributed by atoms with Crippen LogP contribution in [0, 0.1) is 0 Å². The first-order valence-corrected chi connectivity index (χ1v) is 8.00. The Balaban J connectivity index is 2.22. The molecular formula is C17H29N3O. The second-order valence-electron chi connectivity index (χ2n) is 6.32. The molecule has 1 saturated carbocycles. The Morgan fingerprint density at radius 2 is 2.00 bits per heavy atom. The lowest BCUT2D eigenvalue weighted by Gasteiger charge is -2.43. The van der Waals surface area contributed by atoms with Gasteiger partial charge in [-0.2, -0.15) is 0 Å². The van der Waals surface area contributed by atoms with E-state index in [1.54, 1.807) is 0 Å². The predicted octanol–water partition coefficient (Wildman–Crippen LogP) is 2.85. The molecule has 4 heteroatoms. The molecule has 1 fully saturated rings. The number of likely N-dealkylation sites (N-methyl/N-ethyl adjacent to an activating group) is 1. The normalized spacial score (nSPS) is 17.0. The first-order valence-electron chi connectivity index (χ1n) is 8.00. The minimum absolute atomic E-state index is 0.0557. The van der Waals surface area contributed by atoms with Crippen molar-refractivity contribution in [1.82, 2.24) is 10.3 Å². The zero-order valence-electron chi connectivity index (χ0n) is 13.7. The predicted molar refractivity (Wildman–Crippen MR) is 87.2 cm³/mol. The number of hydrogen-bond donors (Lipinski definition) is 2. The van der Waals surface area contributed by atoms with Gasteiger partial charge < -0.3 is 4.74 Å². The average molecular weight is 291 g/mol. The summed E-state index contributed by atoms with van der Waals surface area (Å²) in [5.41, 5.74) is 4.11. The van der Waals surface area contributed by atoms with Gasteiger partial charge in [-0.15, -0.1) is 0 Å². The molecule has 2 rings (SSSR count). The summed E-state index contributed by atoms with van der Waals surface area (Å²) in [5, 5.41) is 0. The summed E-state index contributed by atoms with van der Waals surface area (Å²) in [7, 11) is 0. The van der Waals surface area contributed by atoms with Crippen molar-refractivity contribution in [2.24, 2.45) is 5.84 Å². The second-order valence-corrected chi connectivity index (χ2v) is 6.32. The molecule has 1 atom stereocenters. The van der Waals surface area contributed by atoms with Crippen molar-refractivity contribution in [3.05, 3.63) is 29.8 Å². The van der Waals surface area contributed by atoms with Crippen LogP contribution >= 0.6 is 0 Å². The van der Waals surface area contributed by atoms with Gasteiger partial charge in [0, 0.05) is 5.54 Å². The smallest absolute Gasteiger partial charge is 0.120 e. The van der Waals surface area contributed by atoms with Gasteiger partial charge in [-0.3, -0.25) is 16.2 Å². The molecule has 0 aromatic heterocycles. The highest BCUT2D eigenvalue weighted by molar-refractivity contribution is 5.32. The SMILES string of the molecule is CCN(CC)C(C)(C)C(NN)c1cccc(OC2CC2)c1. The molecule has 0 heterocycles. The molecule has 1 aliphatic rings. The van der Waals surface area contributed by atoms with Crippen LogP contribution in [0.15, 0.2) is 24.3 Å². The van der Waals surface area contributed by atoms with E-state index in [0.29, 0.717) is 6.10 Å². The first kappa shape index (κ1) is 16.3. The third-order valence-corrected chi connectivity index (χ3v) is 4.47. The summed E-state index contributed by atoms with van der Waals surface area (Å²) in [6.07, 6.45) is 2.77. The van der Waals surface area contributed by atoms with Gasteiger partial charge in [0.2, 0.25) is 0 Å². The fraction of sp³-hybridized carbons (Fsp3) is 0.647. The molecule has 3 N–H and O–H groups in total. The Labute approximate surface area is 128 Å². The Bertz CT molecular complexity index is 453. The molecule has 0 saturated heterocycles. The lowest BCUT2D eigenvalue weighted by atomic mass is 9.87. The number of hydrazine groups is 1. The van der Waals surface area contributed by atoms with Crippen molar-refractivity contribution in [3.63, 3.8) is 0 Å². The van der Waals surface area contributed by atoms with Crippen LogP contribution in [0.4, 0.5) is 0 Å². The van der Waals surface area contributed by atoms with Crippen LogP contribution in [-0.4, -0.2) is 29.6 Å². The van der Waals surface area contributed by atoms with Crippen LogP contribution in [0.1, 0.15) is 52.1 Å². The standard InChI is InChI=1S/C17H29N3O/c1-5-20(6-2)17(3,4)16(19-18)13-8-7-9-15(12-13)21-14-10-11-14/h7-9,12,14,16,19H,5-6,10-11,18H2,1-4H3. The number of rotatable bonds is 8. The molecule has 0 bridgehead atoms. The molecule has 0 spiro atoms. The Kier molecular flexibility index (Phi) is 5.25. The fourth-order valence-corrected chi connectivity index (χ4v) is 3.07. The minimum atomic E-state index is -0.0730. The number of nitrogens with one attached hydrogen (secondary N) is 1. The molecule has 0 radical (unpaired) electrons. The van der Waals surface area contributed by atoms with Crippen molar-refractivity contribution < 1.29 is 4.74 Å². The van der Waals surface area contributed by atoms with E-state index in [-0.39, 0.29) is 11.6 Å². The first-order chi connectivity index (χ1) is 10.0. The van der Waals surface area contributed by atoms with Crippen molar-refractivity contribution in [1.29, 1.82) is 0 Å². The van der Waals surface area contributed by atoms with E-state index in [1.807, 2.05) is 6.07 Å². The lowest BCUT2D eigenvalue weighted by molar-refractivity contribution is 0.0911. The average Bonchev–Trinajstić information content (AvgIpc) is 3.24. The Morgan fingerprint density at radius 1 is 1.33 bits per heavy atom. The summed E-state index contributed by atoms with van der Waals surface area (Å²) in [5.74, 6) is 6.83.